The monoisotopic (exact) mass is 269 g/mol. The predicted molar refractivity (Wildman–Crippen MR) is 70.5 cm³/mol. The first-order valence-corrected chi connectivity index (χ1v) is 6.17. The number of rotatable bonds is 4. The Morgan fingerprint density at radius 2 is 1.94 bits per heavy atom. The average Bonchev–Trinajstić information content (AvgIpc) is 3.07. The average molecular weight is 270 g/mol. The fourth-order valence-electron chi connectivity index (χ4n) is 1.87. The molecule has 0 spiro atoms. The predicted octanol–water partition coefficient (Wildman–Crippen LogP) is 2.95. The van der Waals surface area contributed by atoms with Crippen LogP contribution in [0.4, 0.5) is 5.69 Å². The molecule has 5 heteroatoms. The first-order valence-electron chi connectivity index (χ1n) is 5.79. The van der Waals surface area contributed by atoms with Crippen molar-refractivity contribution in [3.63, 3.8) is 0 Å². The molecule has 1 aliphatic rings. The van der Waals surface area contributed by atoms with Crippen molar-refractivity contribution in [1.29, 1.82) is 0 Å². The summed E-state index contributed by atoms with van der Waals surface area (Å²) in [4.78, 5) is 11.9. The zero-order valence-electron chi connectivity index (χ0n) is 10.6. The van der Waals surface area contributed by atoms with Gasteiger partial charge in [-0.25, -0.2) is 0 Å². The minimum absolute atomic E-state index is 0.0158. The molecule has 18 heavy (non-hydrogen) atoms. The van der Waals surface area contributed by atoms with Crippen LogP contribution >= 0.6 is 11.6 Å². The zero-order valence-corrected chi connectivity index (χ0v) is 11.4. The summed E-state index contributed by atoms with van der Waals surface area (Å²) in [5, 5.41) is 3.28. The number of carbonyl (C=O) groups excluding carboxylic acids is 1. The van der Waals surface area contributed by atoms with Gasteiger partial charge >= 0.3 is 0 Å². The first kappa shape index (κ1) is 13.0. The molecule has 1 N–H and O–H groups in total. The number of anilines is 1. The quantitative estimate of drug-likeness (QED) is 0.914. The Balaban J connectivity index is 2.21. The number of ether oxygens (including phenoxy) is 2. The van der Waals surface area contributed by atoms with E-state index in [4.69, 9.17) is 21.1 Å². The molecule has 0 aromatic heterocycles. The van der Waals surface area contributed by atoms with Gasteiger partial charge in [-0.3, -0.25) is 4.79 Å². The van der Waals surface area contributed by atoms with Crippen LogP contribution in [0, 0.1) is 11.8 Å². The van der Waals surface area contributed by atoms with Gasteiger partial charge in [-0.2, -0.15) is 0 Å². The van der Waals surface area contributed by atoms with E-state index in [1.807, 2.05) is 0 Å². The molecule has 0 aliphatic heterocycles. The van der Waals surface area contributed by atoms with Crippen molar-refractivity contribution in [2.75, 3.05) is 19.5 Å². The van der Waals surface area contributed by atoms with Gasteiger partial charge in [0, 0.05) is 12.0 Å². The van der Waals surface area contributed by atoms with Crippen LogP contribution in [0.15, 0.2) is 12.1 Å². The summed E-state index contributed by atoms with van der Waals surface area (Å²) in [6.45, 7) is 2.06. The van der Waals surface area contributed by atoms with Crippen LogP contribution in [-0.2, 0) is 4.79 Å². The number of halogens is 1. The van der Waals surface area contributed by atoms with Gasteiger partial charge < -0.3 is 14.8 Å². The standard InChI is InChI=1S/C13H16ClNO3/c1-7-4-8(7)13(16)15-10-5-9(14)11(17-2)6-12(10)18-3/h5-8H,4H2,1-3H3,(H,15,16)/t7-,8-/m0/s1. The summed E-state index contributed by atoms with van der Waals surface area (Å²) >= 11 is 6.03. The third-order valence-electron chi connectivity index (χ3n) is 3.18. The normalized spacial score (nSPS) is 21.3. The molecule has 1 amide bonds. The molecule has 2 rings (SSSR count). The van der Waals surface area contributed by atoms with Crippen LogP contribution in [-0.4, -0.2) is 20.1 Å². The van der Waals surface area contributed by atoms with Crippen molar-refractivity contribution in [2.24, 2.45) is 11.8 Å². The van der Waals surface area contributed by atoms with Crippen LogP contribution in [0.5, 0.6) is 11.5 Å². The van der Waals surface area contributed by atoms with E-state index >= 15 is 0 Å². The number of hydrogen-bond donors (Lipinski definition) is 1. The maximum atomic E-state index is 11.9. The van der Waals surface area contributed by atoms with Gasteiger partial charge in [-0.15, -0.1) is 0 Å². The van der Waals surface area contributed by atoms with E-state index in [9.17, 15) is 4.79 Å². The van der Waals surface area contributed by atoms with E-state index in [2.05, 4.69) is 12.2 Å². The van der Waals surface area contributed by atoms with Gasteiger partial charge in [0.25, 0.3) is 0 Å². The molecule has 0 radical (unpaired) electrons. The second-order valence-electron chi connectivity index (χ2n) is 4.50. The van der Waals surface area contributed by atoms with Gasteiger partial charge in [0.15, 0.2) is 0 Å². The topological polar surface area (TPSA) is 47.6 Å². The van der Waals surface area contributed by atoms with Crippen molar-refractivity contribution in [3.8, 4) is 11.5 Å². The Labute approximate surface area is 111 Å². The smallest absolute Gasteiger partial charge is 0.227 e. The van der Waals surface area contributed by atoms with E-state index in [1.165, 1.54) is 14.2 Å². The molecule has 1 saturated carbocycles. The SMILES string of the molecule is COc1cc(OC)c(NC(=O)[C@H]2C[C@@H]2C)cc1Cl. The Morgan fingerprint density at radius 1 is 1.33 bits per heavy atom. The highest BCUT2D eigenvalue weighted by atomic mass is 35.5. The van der Waals surface area contributed by atoms with E-state index in [-0.39, 0.29) is 11.8 Å². The highest BCUT2D eigenvalue weighted by molar-refractivity contribution is 6.32. The highest BCUT2D eigenvalue weighted by Gasteiger charge is 2.39. The minimum atomic E-state index is 0.0158. The molecular weight excluding hydrogens is 254 g/mol. The Morgan fingerprint density at radius 3 is 2.44 bits per heavy atom. The first-order chi connectivity index (χ1) is 8.56. The van der Waals surface area contributed by atoms with Crippen molar-refractivity contribution < 1.29 is 14.3 Å². The van der Waals surface area contributed by atoms with Crippen molar-refractivity contribution >= 4 is 23.2 Å². The van der Waals surface area contributed by atoms with E-state index in [0.29, 0.717) is 28.1 Å². The Bertz CT molecular complexity index is 476. The second-order valence-corrected chi connectivity index (χ2v) is 4.90. The lowest BCUT2D eigenvalue weighted by molar-refractivity contribution is -0.117. The molecule has 2 atom stereocenters. The number of hydrogen-bond acceptors (Lipinski definition) is 3. The van der Waals surface area contributed by atoms with Gasteiger partial charge in [-0.1, -0.05) is 18.5 Å². The molecule has 98 valence electrons. The molecule has 0 heterocycles. The summed E-state index contributed by atoms with van der Waals surface area (Å²) in [5.41, 5.74) is 0.576. The van der Waals surface area contributed by atoms with Crippen LogP contribution in [0.1, 0.15) is 13.3 Å². The molecule has 0 unspecified atom stereocenters. The molecule has 1 aliphatic carbocycles. The molecule has 1 aromatic rings. The largest absolute Gasteiger partial charge is 0.495 e. The van der Waals surface area contributed by atoms with E-state index < -0.39 is 0 Å². The Kier molecular flexibility index (Phi) is 3.66. The van der Waals surface area contributed by atoms with Crippen molar-refractivity contribution in [3.05, 3.63) is 17.2 Å². The van der Waals surface area contributed by atoms with Gasteiger partial charge in [0.05, 0.1) is 24.9 Å². The third-order valence-corrected chi connectivity index (χ3v) is 3.47. The molecule has 0 saturated heterocycles. The minimum Gasteiger partial charge on any atom is -0.495 e. The number of amides is 1. The second kappa shape index (κ2) is 5.06. The lowest BCUT2D eigenvalue weighted by atomic mass is 10.2. The van der Waals surface area contributed by atoms with Gasteiger partial charge in [0.1, 0.15) is 11.5 Å². The van der Waals surface area contributed by atoms with Gasteiger partial charge in [-0.05, 0) is 18.4 Å². The number of benzene rings is 1. The van der Waals surface area contributed by atoms with Crippen LogP contribution < -0.4 is 14.8 Å². The zero-order chi connectivity index (χ0) is 13.3. The molecule has 0 bridgehead atoms. The summed E-state index contributed by atoms with van der Waals surface area (Å²) in [7, 11) is 3.07. The number of carbonyl (C=O) groups is 1. The third kappa shape index (κ3) is 2.53. The maximum Gasteiger partial charge on any atom is 0.227 e. The van der Waals surface area contributed by atoms with Crippen LogP contribution in [0.2, 0.25) is 5.02 Å². The lowest BCUT2D eigenvalue weighted by Crippen LogP contribution is -2.15. The fourth-order valence-corrected chi connectivity index (χ4v) is 2.11. The highest BCUT2D eigenvalue weighted by Crippen LogP contribution is 2.40. The summed E-state index contributed by atoms with van der Waals surface area (Å²) in [6.07, 6.45) is 0.942. The van der Waals surface area contributed by atoms with E-state index in [0.717, 1.165) is 6.42 Å². The summed E-state index contributed by atoms with van der Waals surface area (Å²) in [5.74, 6) is 1.64. The van der Waals surface area contributed by atoms with Gasteiger partial charge in [0.2, 0.25) is 5.91 Å². The Hall–Kier alpha value is -1.42. The van der Waals surface area contributed by atoms with Crippen LogP contribution in [0.25, 0.3) is 0 Å². The molecule has 4 nitrogen and oxygen atoms in total. The van der Waals surface area contributed by atoms with Crippen molar-refractivity contribution in [1.82, 2.24) is 0 Å². The lowest BCUT2D eigenvalue weighted by Gasteiger charge is -2.13. The number of nitrogens with one attached hydrogen (secondary N) is 1. The van der Waals surface area contributed by atoms with Crippen LogP contribution in [0.3, 0.4) is 0 Å². The number of methoxy groups -OCH3 is 2. The summed E-state index contributed by atoms with van der Waals surface area (Å²) < 4.78 is 10.3. The maximum absolute atomic E-state index is 11.9. The van der Waals surface area contributed by atoms with Crippen molar-refractivity contribution in [2.45, 2.75) is 13.3 Å². The molecular formula is C13H16ClNO3. The molecule has 1 aromatic carbocycles. The molecule has 1 fully saturated rings. The van der Waals surface area contributed by atoms with E-state index in [1.54, 1.807) is 12.1 Å². The fraction of sp³-hybridized carbons (Fsp3) is 0.462. The summed E-state index contributed by atoms with van der Waals surface area (Å²) in [6, 6.07) is 3.30.